The first kappa shape index (κ1) is 14.0. The molecular formula is C12H18N2O4. The van der Waals surface area contributed by atoms with Crippen molar-refractivity contribution < 1.29 is 19.0 Å². The molecule has 0 heterocycles. The maximum absolute atomic E-state index is 10.6. The Balaban J connectivity index is 2.91. The standard InChI is InChI=1S/C12H18N2O4/c1-16-9-7-11(18-3)10(17-2)6-8(9)4-5-14-12(13)15/h6-7H,4-5H2,1-3H3,(H3,13,14,15). The molecule has 1 aromatic rings. The van der Waals surface area contributed by atoms with Crippen LogP contribution in [0.5, 0.6) is 17.2 Å². The lowest BCUT2D eigenvalue weighted by molar-refractivity contribution is 0.249. The number of hydrogen-bond acceptors (Lipinski definition) is 4. The van der Waals surface area contributed by atoms with Crippen LogP contribution in [0.3, 0.4) is 0 Å². The van der Waals surface area contributed by atoms with Gasteiger partial charge in [0.25, 0.3) is 0 Å². The largest absolute Gasteiger partial charge is 0.496 e. The molecule has 2 amide bonds. The Bertz CT molecular complexity index is 421. The quantitative estimate of drug-likeness (QED) is 0.791. The van der Waals surface area contributed by atoms with Crippen LogP contribution in [-0.4, -0.2) is 33.9 Å². The lowest BCUT2D eigenvalue weighted by Crippen LogP contribution is -2.31. The summed E-state index contributed by atoms with van der Waals surface area (Å²) in [5, 5.41) is 2.52. The Morgan fingerprint density at radius 2 is 1.67 bits per heavy atom. The van der Waals surface area contributed by atoms with Gasteiger partial charge in [-0.15, -0.1) is 0 Å². The number of carbonyl (C=O) groups excluding carboxylic acids is 1. The van der Waals surface area contributed by atoms with E-state index < -0.39 is 6.03 Å². The fraction of sp³-hybridized carbons (Fsp3) is 0.417. The second kappa shape index (κ2) is 6.58. The molecule has 0 saturated carbocycles. The summed E-state index contributed by atoms with van der Waals surface area (Å²) in [6.45, 7) is 0.432. The van der Waals surface area contributed by atoms with Gasteiger partial charge in [-0.25, -0.2) is 4.79 Å². The molecule has 0 radical (unpaired) electrons. The number of amides is 2. The number of nitrogens with two attached hydrogens (primary N) is 1. The van der Waals surface area contributed by atoms with Crippen molar-refractivity contribution in [3.8, 4) is 17.2 Å². The molecule has 0 aromatic heterocycles. The summed E-state index contributed by atoms with van der Waals surface area (Å²) in [5.74, 6) is 1.90. The molecule has 1 rings (SSSR count). The van der Waals surface area contributed by atoms with Gasteiger partial charge in [0.15, 0.2) is 11.5 Å². The van der Waals surface area contributed by atoms with Crippen molar-refractivity contribution in [1.82, 2.24) is 5.32 Å². The van der Waals surface area contributed by atoms with Crippen LogP contribution in [0.25, 0.3) is 0 Å². The zero-order valence-electron chi connectivity index (χ0n) is 10.8. The fourth-order valence-corrected chi connectivity index (χ4v) is 1.61. The van der Waals surface area contributed by atoms with E-state index in [9.17, 15) is 4.79 Å². The predicted octanol–water partition coefficient (Wildman–Crippen LogP) is 0.923. The van der Waals surface area contributed by atoms with Crippen molar-refractivity contribution in [2.75, 3.05) is 27.9 Å². The first-order valence-corrected chi connectivity index (χ1v) is 5.44. The molecule has 3 N–H and O–H groups in total. The minimum absolute atomic E-state index is 0.432. The summed E-state index contributed by atoms with van der Waals surface area (Å²) in [4.78, 5) is 10.6. The zero-order chi connectivity index (χ0) is 13.5. The van der Waals surface area contributed by atoms with Gasteiger partial charge in [-0.3, -0.25) is 0 Å². The van der Waals surface area contributed by atoms with E-state index in [0.29, 0.717) is 30.2 Å². The van der Waals surface area contributed by atoms with Gasteiger partial charge < -0.3 is 25.3 Å². The minimum Gasteiger partial charge on any atom is -0.496 e. The number of carbonyl (C=O) groups is 1. The summed E-state index contributed by atoms with van der Waals surface area (Å²) < 4.78 is 15.7. The fourth-order valence-electron chi connectivity index (χ4n) is 1.61. The summed E-state index contributed by atoms with van der Waals surface area (Å²) in [5.41, 5.74) is 5.91. The lowest BCUT2D eigenvalue weighted by atomic mass is 10.1. The monoisotopic (exact) mass is 254 g/mol. The molecule has 0 saturated heterocycles. The Kier molecular flexibility index (Phi) is 5.10. The molecule has 6 heteroatoms. The van der Waals surface area contributed by atoms with E-state index >= 15 is 0 Å². The Hall–Kier alpha value is -2.11. The van der Waals surface area contributed by atoms with E-state index in [-0.39, 0.29) is 0 Å². The Labute approximate surface area is 106 Å². The molecule has 0 spiro atoms. The third kappa shape index (κ3) is 3.44. The van der Waals surface area contributed by atoms with Crippen molar-refractivity contribution in [3.05, 3.63) is 17.7 Å². The molecule has 1 aromatic carbocycles. The van der Waals surface area contributed by atoms with Crippen LogP contribution in [0, 0.1) is 0 Å². The highest BCUT2D eigenvalue weighted by atomic mass is 16.5. The smallest absolute Gasteiger partial charge is 0.312 e. The van der Waals surface area contributed by atoms with Crippen LogP contribution in [0.4, 0.5) is 4.79 Å². The Morgan fingerprint density at radius 3 is 2.17 bits per heavy atom. The first-order valence-electron chi connectivity index (χ1n) is 5.44. The van der Waals surface area contributed by atoms with Gasteiger partial charge in [0, 0.05) is 12.6 Å². The average Bonchev–Trinajstić information content (AvgIpc) is 2.37. The minimum atomic E-state index is -0.547. The SMILES string of the molecule is COc1cc(OC)c(OC)cc1CCNC(N)=O. The van der Waals surface area contributed by atoms with Gasteiger partial charge in [-0.1, -0.05) is 0 Å². The van der Waals surface area contributed by atoms with E-state index in [1.807, 2.05) is 6.07 Å². The second-order valence-corrected chi connectivity index (χ2v) is 3.56. The van der Waals surface area contributed by atoms with E-state index in [1.165, 1.54) is 0 Å². The van der Waals surface area contributed by atoms with Gasteiger partial charge in [0.2, 0.25) is 0 Å². The van der Waals surface area contributed by atoms with Gasteiger partial charge in [0.05, 0.1) is 21.3 Å². The number of ether oxygens (including phenoxy) is 3. The van der Waals surface area contributed by atoms with Crippen LogP contribution in [-0.2, 0) is 6.42 Å². The third-order valence-electron chi connectivity index (χ3n) is 2.48. The number of rotatable bonds is 6. The van der Waals surface area contributed by atoms with Crippen LogP contribution in [0.2, 0.25) is 0 Å². The van der Waals surface area contributed by atoms with Crippen LogP contribution < -0.4 is 25.3 Å². The molecule has 0 atom stereocenters. The van der Waals surface area contributed by atoms with Crippen molar-refractivity contribution in [2.24, 2.45) is 5.73 Å². The van der Waals surface area contributed by atoms with E-state index in [2.05, 4.69) is 5.32 Å². The molecule has 18 heavy (non-hydrogen) atoms. The van der Waals surface area contributed by atoms with Crippen molar-refractivity contribution >= 4 is 6.03 Å². The highest BCUT2D eigenvalue weighted by molar-refractivity contribution is 5.71. The van der Waals surface area contributed by atoms with E-state index in [4.69, 9.17) is 19.9 Å². The summed E-state index contributed by atoms with van der Waals surface area (Å²) in [7, 11) is 4.70. The van der Waals surface area contributed by atoms with Gasteiger partial charge in [0.1, 0.15) is 5.75 Å². The summed E-state index contributed by atoms with van der Waals surface area (Å²) in [6.07, 6.45) is 0.590. The van der Waals surface area contributed by atoms with Crippen LogP contribution in [0.1, 0.15) is 5.56 Å². The average molecular weight is 254 g/mol. The summed E-state index contributed by atoms with van der Waals surface area (Å²) in [6, 6.07) is 3.02. The molecule has 0 aliphatic carbocycles. The molecule has 100 valence electrons. The van der Waals surface area contributed by atoms with E-state index in [0.717, 1.165) is 5.56 Å². The molecule has 0 bridgehead atoms. The predicted molar refractivity (Wildman–Crippen MR) is 67.4 cm³/mol. The maximum atomic E-state index is 10.6. The highest BCUT2D eigenvalue weighted by Gasteiger charge is 2.11. The molecule has 6 nitrogen and oxygen atoms in total. The number of methoxy groups -OCH3 is 3. The molecule has 0 aliphatic heterocycles. The van der Waals surface area contributed by atoms with Crippen LogP contribution in [0.15, 0.2) is 12.1 Å². The van der Waals surface area contributed by atoms with Gasteiger partial charge in [-0.05, 0) is 18.1 Å². The maximum Gasteiger partial charge on any atom is 0.312 e. The lowest BCUT2D eigenvalue weighted by Gasteiger charge is -2.14. The van der Waals surface area contributed by atoms with E-state index in [1.54, 1.807) is 27.4 Å². The molecule has 0 aliphatic rings. The third-order valence-corrected chi connectivity index (χ3v) is 2.48. The number of hydrogen-bond donors (Lipinski definition) is 2. The second-order valence-electron chi connectivity index (χ2n) is 3.56. The number of urea groups is 1. The number of benzene rings is 1. The number of nitrogens with one attached hydrogen (secondary N) is 1. The molecule has 0 unspecified atom stereocenters. The van der Waals surface area contributed by atoms with Crippen molar-refractivity contribution in [3.63, 3.8) is 0 Å². The Morgan fingerprint density at radius 1 is 1.11 bits per heavy atom. The van der Waals surface area contributed by atoms with Crippen LogP contribution >= 0.6 is 0 Å². The topological polar surface area (TPSA) is 82.8 Å². The van der Waals surface area contributed by atoms with Gasteiger partial charge >= 0.3 is 6.03 Å². The molecular weight excluding hydrogens is 236 g/mol. The van der Waals surface area contributed by atoms with Crippen molar-refractivity contribution in [1.29, 1.82) is 0 Å². The molecule has 0 fully saturated rings. The van der Waals surface area contributed by atoms with Crippen molar-refractivity contribution in [2.45, 2.75) is 6.42 Å². The number of primary amides is 1. The highest BCUT2D eigenvalue weighted by Crippen LogP contribution is 2.34. The summed E-state index contributed by atoms with van der Waals surface area (Å²) >= 11 is 0. The zero-order valence-corrected chi connectivity index (χ0v) is 10.8. The normalized spacial score (nSPS) is 9.72. The van der Waals surface area contributed by atoms with Gasteiger partial charge in [-0.2, -0.15) is 0 Å². The first-order chi connectivity index (χ1) is 8.62.